The molecule has 0 aliphatic carbocycles. The molecule has 8 heteroatoms. The van der Waals surface area contributed by atoms with E-state index in [1.807, 2.05) is 97.1 Å². The maximum atomic E-state index is 6.38. The van der Waals surface area contributed by atoms with Gasteiger partial charge >= 0.3 is 0 Å². The van der Waals surface area contributed by atoms with E-state index in [0.717, 1.165) is 45.3 Å². The number of benzene rings is 4. The van der Waals surface area contributed by atoms with Crippen LogP contribution in [-0.2, 0) is 45.4 Å². The number of rotatable bonds is 20. The highest BCUT2D eigenvalue weighted by molar-refractivity contribution is 5.34. The van der Waals surface area contributed by atoms with Crippen molar-refractivity contribution in [1.29, 1.82) is 0 Å². The molecule has 240 valence electrons. The SMILES string of the molecule is COc1ccccc1COCC(COCc1ccccc1OC)(COCc1ccccc1OC)COCc1ccccc1OC. The van der Waals surface area contributed by atoms with Crippen LogP contribution < -0.4 is 18.9 Å². The molecule has 4 rings (SSSR count). The molecule has 45 heavy (non-hydrogen) atoms. The predicted octanol–water partition coefficient (Wildman–Crippen LogP) is 6.87. The molecular weight excluding hydrogens is 572 g/mol. The monoisotopic (exact) mass is 616 g/mol. The van der Waals surface area contributed by atoms with Gasteiger partial charge in [0.2, 0.25) is 0 Å². The summed E-state index contributed by atoms with van der Waals surface area (Å²) in [5, 5.41) is 0. The van der Waals surface area contributed by atoms with Gasteiger partial charge in [0.05, 0.1) is 86.7 Å². The Morgan fingerprint density at radius 2 is 0.578 bits per heavy atom. The van der Waals surface area contributed by atoms with Gasteiger partial charge in [-0.15, -0.1) is 0 Å². The van der Waals surface area contributed by atoms with Crippen LogP contribution in [0.2, 0.25) is 0 Å². The third kappa shape index (κ3) is 9.96. The Kier molecular flexibility index (Phi) is 13.5. The van der Waals surface area contributed by atoms with Gasteiger partial charge in [-0.2, -0.15) is 0 Å². The smallest absolute Gasteiger partial charge is 0.124 e. The van der Waals surface area contributed by atoms with Gasteiger partial charge in [0, 0.05) is 22.3 Å². The minimum atomic E-state index is -0.659. The molecule has 4 aromatic carbocycles. The van der Waals surface area contributed by atoms with Gasteiger partial charge in [-0.1, -0.05) is 72.8 Å². The van der Waals surface area contributed by atoms with Gasteiger partial charge in [-0.25, -0.2) is 0 Å². The van der Waals surface area contributed by atoms with Gasteiger partial charge in [0.1, 0.15) is 23.0 Å². The van der Waals surface area contributed by atoms with E-state index in [0.29, 0.717) is 52.9 Å². The first-order valence-electron chi connectivity index (χ1n) is 14.9. The Morgan fingerprint density at radius 1 is 0.356 bits per heavy atom. The maximum Gasteiger partial charge on any atom is 0.124 e. The van der Waals surface area contributed by atoms with Gasteiger partial charge in [-0.05, 0) is 24.3 Å². The molecule has 0 fully saturated rings. The van der Waals surface area contributed by atoms with E-state index in [-0.39, 0.29) is 0 Å². The first-order chi connectivity index (χ1) is 22.1. The second-order valence-corrected chi connectivity index (χ2v) is 10.7. The first-order valence-corrected chi connectivity index (χ1v) is 14.9. The summed E-state index contributed by atoms with van der Waals surface area (Å²) in [5.41, 5.74) is 3.15. The highest BCUT2D eigenvalue weighted by atomic mass is 16.5. The van der Waals surface area contributed by atoms with E-state index >= 15 is 0 Å². The Hall–Kier alpha value is -4.08. The Labute approximate surface area is 266 Å². The molecule has 0 N–H and O–H groups in total. The molecule has 4 aromatic rings. The zero-order valence-electron chi connectivity index (χ0n) is 26.7. The molecule has 0 heterocycles. The van der Waals surface area contributed by atoms with Crippen molar-refractivity contribution in [1.82, 2.24) is 0 Å². The van der Waals surface area contributed by atoms with E-state index in [1.165, 1.54) is 0 Å². The van der Waals surface area contributed by atoms with Crippen LogP contribution in [-0.4, -0.2) is 54.9 Å². The Morgan fingerprint density at radius 3 is 0.800 bits per heavy atom. The summed E-state index contributed by atoms with van der Waals surface area (Å²) in [4.78, 5) is 0. The third-order valence-corrected chi connectivity index (χ3v) is 7.43. The highest BCUT2D eigenvalue weighted by Crippen LogP contribution is 2.28. The molecule has 0 saturated heterocycles. The summed E-state index contributed by atoms with van der Waals surface area (Å²) in [5.74, 6) is 3.09. The van der Waals surface area contributed by atoms with Crippen molar-refractivity contribution in [2.75, 3.05) is 54.9 Å². The van der Waals surface area contributed by atoms with Crippen molar-refractivity contribution in [3.8, 4) is 23.0 Å². The van der Waals surface area contributed by atoms with E-state index in [9.17, 15) is 0 Å². The largest absolute Gasteiger partial charge is 0.496 e. The fraction of sp³-hybridized carbons (Fsp3) is 0.351. The summed E-state index contributed by atoms with van der Waals surface area (Å²) in [7, 11) is 6.64. The normalized spacial score (nSPS) is 11.3. The standard InChI is InChI=1S/C37H44O8/c1-38-33-17-9-5-13-29(33)21-42-25-37(26-43-22-30-14-6-10-18-34(30)39-2,27-44-23-31-15-7-11-19-35(31)40-3)28-45-24-32-16-8-12-20-36(32)41-4/h5-20H,21-28H2,1-4H3. The Balaban J connectivity index is 1.55. The molecular formula is C37H44O8. The first kappa shape index (κ1) is 33.8. The summed E-state index contributed by atoms with van der Waals surface area (Å²) < 4.78 is 47.7. The van der Waals surface area contributed by atoms with Crippen molar-refractivity contribution in [3.63, 3.8) is 0 Å². The van der Waals surface area contributed by atoms with Crippen LogP contribution in [0.15, 0.2) is 97.1 Å². The van der Waals surface area contributed by atoms with Crippen LogP contribution in [0.1, 0.15) is 22.3 Å². The molecule has 8 nitrogen and oxygen atoms in total. The van der Waals surface area contributed by atoms with E-state index < -0.39 is 5.41 Å². The molecule has 0 atom stereocenters. The second kappa shape index (κ2) is 18.0. The summed E-state index contributed by atoms with van der Waals surface area (Å²) >= 11 is 0. The van der Waals surface area contributed by atoms with Crippen LogP contribution in [0.4, 0.5) is 0 Å². The van der Waals surface area contributed by atoms with E-state index in [1.54, 1.807) is 28.4 Å². The molecule has 0 unspecified atom stereocenters. The van der Waals surface area contributed by atoms with Crippen molar-refractivity contribution in [2.45, 2.75) is 26.4 Å². The highest BCUT2D eigenvalue weighted by Gasteiger charge is 2.33. The van der Waals surface area contributed by atoms with Crippen molar-refractivity contribution < 1.29 is 37.9 Å². The topological polar surface area (TPSA) is 73.8 Å². The molecule has 0 aromatic heterocycles. The minimum absolute atomic E-state index is 0.314. The predicted molar refractivity (Wildman–Crippen MR) is 173 cm³/mol. The Bertz CT molecular complexity index is 1220. The fourth-order valence-electron chi connectivity index (χ4n) is 5.05. The minimum Gasteiger partial charge on any atom is -0.496 e. The van der Waals surface area contributed by atoms with E-state index in [2.05, 4.69) is 0 Å². The van der Waals surface area contributed by atoms with Crippen LogP contribution in [0.3, 0.4) is 0 Å². The number of para-hydroxylation sites is 4. The van der Waals surface area contributed by atoms with Crippen LogP contribution in [0, 0.1) is 5.41 Å². The summed E-state index contributed by atoms with van der Waals surface area (Å²) in [6.45, 7) is 2.69. The van der Waals surface area contributed by atoms with Gasteiger partial charge in [0.15, 0.2) is 0 Å². The number of ether oxygens (including phenoxy) is 8. The lowest BCUT2D eigenvalue weighted by atomic mass is 9.92. The van der Waals surface area contributed by atoms with Crippen LogP contribution in [0.25, 0.3) is 0 Å². The molecule has 0 saturated carbocycles. The van der Waals surface area contributed by atoms with Gasteiger partial charge in [0.25, 0.3) is 0 Å². The zero-order valence-corrected chi connectivity index (χ0v) is 26.7. The molecule has 0 amide bonds. The summed E-state index contributed by atoms with van der Waals surface area (Å²) in [6, 6.07) is 31.3. The molecule has 0 bridgehead atoms. The molecule has 0 aliphatic heterocycles. The van der Waals surface area contributed by atoms with Crippen molar-refractivity contribution >= 4 is 0 Å². The molecule has 0 radical (unpaired) electrons. The zero-order chi connectivity index (χ0) is 31.7. The second-order valence-electron chi connectivity index (χ2n) is 10.7. The number of hydrogen-bond donors (Lipinski definition) is 0. The average Bonchev–Trinajstić information content (AvgIpc) is 3.09. The maximum absolute atomic E-state index is 6.38. The summed E-state index contributed by atoms with van der Waals surface area (Å²) in [6.07, 6.45) is 0. The van der Waals surface area contributed by atoms with E-state index in [4.69, 9.17) is 37.9 Å². The van der Waals surface area contributed by atoms with Gasteiger partial charge < -0.3 is 37.9 Å². The van der Waals surface area contributed by atoms with Gasteiger partial charge in [-0.3, -0.25) is 0 Å². The number of hydrogen-bond acceptors (Lipinski definition) is 8. The molecule has 0 spiro atoms. The van der Waals surface area contributed by atoms with Crippen molar-refractivity contribution in [2.24, 2.45) is 5.41 Å². The third-order valence-electron chi connectivity index (χ3n) is 7.43. The average molecular weight is 617 g/mol. The lowest BCUT2D eigenvalue weighted by molar-refractivity contribution is -0.117. The van der Waals surface area contributed by atoms with Crippen molar-refractivity contribution in [3.05, 3.63) is 119 Å². The lowest BCUT2D eigenvalue weighted by Gasteiger charge is -2.33. The lowest BCUT2D eigenvalue weighted by Crippen LogP contribution is -2.41. The fourth-order valence-corrected chi connectivity index (χ4v) is 5.05. The van der Waals surface area contributed by atoms with Crippen LogP contribution >= 0.6 is 0 Å². The molecule has 0 aliphatic rings. The van der Waals surface area contributed by atoms with Crippen LogP contribution in [0.5, 0.6) is 23.0 Å². The quantitative estimate of drug-likeness (QED) is 0.107. The number of methoxy groups -OCH3 is 4.